The van der Waals surface area contributed by atoms with E-state index >= 15 is 0 Å². The summed E-state index contributed by atoms with van der Waals surface area (Å²) in [6, 6.07) is 7.33. The number of sulfonamides is 1. The molecule has 3 N–H and O–H groups in total. The second-order valence-electron chi connectivity index (χ2n) is 7.44. The van der Waals surface area contributed by atoms with Gasteiger partial charge in [0, 0.05) is 19.6 Å². The molecule has 0 aromatic heterocycles. The van der Waals surface area contributed by atoms with E-state index in [1.54, 1.807) is 6.07 Å². The first kappa shape index (κ1) is 23.1. The van der Waals surface area contributed by atoms with Crippen LogP contribution in [-0.2, 0) is 31.9 Å². The average Bonchev–Trinajstić information content (AvgIpc) is 2.68. The molecule has 1 amide bonds. The van der Waals surface area contributed by atoms with Crippen molar-refractivity contribution < 1.29 is 17.9 Å². The zero-order valence-electron chi connectivity index (χ0n) is 16.1. The van der Waals surface area contributed by atoms with Gasteiger partial charge in [0.05, 0.1) is 24.5 Å². The first-order valence-electron chi connectivity index (χ1n) is 9.60. The van der Waals surface area contributed by atoms with E-state index in [1.807, 2.05) is 18.2 Å². The summed E-state index contributed by atoms with van der Waals surface area (Å²) < 4.78 is 32.1. The third-order valence-corrected chi connectivity index (χ3v) is 7.28. The molecule has 1 saturated carbocycles. The number of carbonyl (C=O) groups is 1. The largest absolute Gasteiger partial charge is 0.379 e. The molecule has 2 fully saturated rings. The quantitative estimate of drug-likeness (QED) is 0.711. The Morgan fingerprint density at radius 1 is 1.11 bits per heavy atom. The topological polar surface area (TPSA) is 102 Å². The maximum absolute atomic E-state index is 12.7. The number of carbonyl (C=O) groups excluding carboxylic acids is 1. The van der Waals surface area contributed by atoms with Gasteiger partial charge in [-0.2, -0.15) is 4.31 Å². The van der Waals surface area contributed by atoms with Gasteiger partial charge in [-0.05, 0) is 24.0 Å². The molecule has 0 atom stereocenters. The van der Waals surface area contributed by atoms with Crippen LogP contribution in [0, 0.1) is 0 Å². The smallest absolute Gasteiger partial charge is 0.240 e. The Morgan fingerprint density at radius 3 is 2.36 bits per heavy atom. The van der Waals surface area contributed by atoms with Crippen LogP contribution in [0.5, 0.6) is 0 Å². The molecule has 1 saturated heterocycles. The number of rotatable bonds is 6. The summed E-state index contributed by atoms with van der Waals surface area (Å²) in [4.78, 5) is 12.6. The molecule has 0 spiro atoms. The number of hydrogen-bond donors (Lipinski definition) is 2. The lowest BCUT2D eigenvalue weighted by Crippen LogP contribution is -2.54. The predicted octanol–water partition coefficient (Wildman–Crippen LogP) is 1.55. The van der Waals surface area contributed by atoms with Crippen LogP contribution in [0.25, 0.3) is 0 Å². The summed E-state index contributed by atoms with van der Waals surface area (Å²) in [5.74, 6) is -0.222. The normalized spacial score (nSPS) is 20.2. The maximum atomic E-state index is 12.7. The third-order valence-electron chi connectivity index (χ3n) is 5.46. The van der Waals surface area contributed by atoms with Crippen LogP contribution in [0.3, 0.4) is 0 Å². The van der Waals surface area contributed by atoms with E-state index in [0.717, 1.165) is 24.8 Å². The molecule has 28 heavy (non-hydrogen) atoms. The molecule has 1 aliphatic carbocycles. The van der Waals surface area contributed by atoms with Crippen molar-refractivity contribution in [3.63, 3.8) is 0 Å². The number of morpholine rings is 1. The molecule has 9 heteroatoms. The van der Waals surface area contributed by atoms with Gasteiger partial charge in [0.2, 0.25) is 15.9 Å². The molecule has 3 rings (SSSR count). The maximum Gasteiger partial charge on any atom is 0.240 e. The van der Waals surface area contributed by atoms with Gasteiger partial charge in [0.15, 0.2) is 0 Å². The fraction of sp³-hybridized carbons (Fsp3) is 0.632. The van der Waals surface area contributed by atoms with Crippen LogP contribution in [0.15, 0.2) is 24.3 Å². The number of hydrogen-bond acceptors (Lipinski definition) is 5. The van der Waals surface area contributed by atoms with Gasteiger partial charge in [-0.3, -0.25) is 4.79 Å². The molecule has 0 unspecified atom stereocenters. The summed E-state index contributed by atoms with van der Waals surface area (Å²) in [7, 11) is -3.41. The Bertz CT molecular complexity index is 760. The SMILES string of the molecule is Cl.NC1(C(=O)NCc2ccccc2CS(=O)(=O)N2CCOCC2)CCCCC1. The van der Waals surface area contributed by atoms with Gasteiger partial charge < -0.3 is 15.8 Å². The lowest BCUT2D eigenvalue weighted by Gasteiger charge is -2.32. The van der Waals surface area contributed by atoms with Crippen LogP contribution >= 0.6 is 12.4 Å². The number of nitrogens with two attached hydrogens (primary N) is 1. The lowest BCUT2D eigenvalue weighted by atomic mass is 9.82. The van der Waals surface area contributed by atoms with Crippen LogP contribution in [0.2, 0.25) is 0 Å². The van der Waals surface area contributed by atoms with Crippen molar-refractivity contribution in [1.29, 1.82) is 0 Å². The summed E-state index contributed by atoms with van der Waals surface area (Å²) >= 11 is 0. The minimum atomic E-state index is -3.41. The molecule has 7 nitrogen and oxygen atoms in total. The van der Waals surface area contributed by atoms with Gasteiger partial charge in [-0.15, -0.1) is 12.4 Å². The van der Waals surface area contributed by atoms with Crippen molar-refractivity contribution in [1.82, 2.24) is 9.62 Å². The molecule has 0 bridgehead atoms. The summed E-state index contributed by atoms with van der Waals surface area (Å²) in [5, 5.41) is 2.92. The number of ether oxygens (including phenoxy) is 1. The van der Waals surface area contributed by atoms with Crippen molar-refractivity contribution in [3.8, 4) is 0 Å². The molecule has 2 aliphatic rings. The molecule has 1 aromatic carbocycles. The molecule has 1 heterocycles. The first-order chi connectivity index (χ1) is 12.9. The van der Waals surface area contributed by atoms with Gasteiger partial charge in [-0.1, -0.05) is 43.5 Å². The Labute approximate surface area is 173 Å². The molecular formula is C19H30ClN3O4S. The van der Waals surface area contributed by atoms with Crippen LogP contribution in [-0.4, -0.2) is 50.5 Å². The van der Waals surface area contributed by atoms with E-state index < -0.39 is 15.6 Å². The van der Waals surface area contributed by atoms with E-state index in [9.17, 15) is 13.2 Å². The summed E-state index contributed by atoms with van der Waals surface area (Å²) in [6.45, 7) is 1.91. The van der Waals surface area contributed by atoms with Crippen molar-refractivity contribution in [2.24, 2.45) is 5.73 Å². The zero-order valence-corrected chi connectivity index (χ0v) is 17.7. The van der Waals surface area contributed by atoms with Gasteiger partial charge in [-0.25, -0.2) is 8.42 Å². The molecule has 158 valence electrons. The minimum Gasteiger partial charge on any atom is -0.379 e. The minimum absolute atomic E-state index is 0. The highest BCUT2D eigenvalue weighted by Crippen LogP contribution is 2.26. The number of nitrogens with zero attached hydrogens (tertiary/aromatic N) is 1. The highest BCUT2D eigenvalue weighted by molar-refractivity contribution is 7.88. The molecular weight excluding hydrogens is 402 g/mol. The van der Waals surface area contributed by atoms with Crippen molar-refractivity contribution in [2.75, 3.05) is 26.3 Å². The number of halogens is 1. The molecule has 1 aliphatic heterocycles. The average molecular weight is 432 g/mol. The van der Waals surface area contributed by atoms with E-state index in [2.05, 4.69) is 5.32 Å². The summed E-state index contributed by atoms with van der Waals surface area (Å²) in [5.41, 5.74) is 6.99. The summed E-state index contributed by atoms with van der Waals surface area (Å²) in [6.07, 6.45) is 4.46. The van der Waals surface area contributed by atoms with E-state index in [4.69, 9.17) is 10.5 Å². The fourth-order valence-electron chi connectivity index (χ4n) is 3.74. The lowest BCUT2D eigenvalue weighted by molar-refractivity contribution is -0.127. The highest BCUT2D eigenvalue weighted by atomic mass is 35.5. The van der Waals surface area contributed by atoms with Crippen molar-refractivity contribution in [2.45, 2.75) is 49.9 Å². The van der Waals surface area contributed by atoms with Crippen molar-refractivity contribution in [3.05, 3.63) is 35.4 Å². The second-order valence-corrected chi connectivity index (χ2v) is 9.40. The van der Waals surface area contributed by atoms with Crippen molar-refractivity contribution >= 4 is 28.3 Å². The Kier molecular flexibility index (Phi) is 8.27. The Hall–Kier alpha value is -1.19. The van der Waals surface area contributed by atoms with Crippen LogP contribution < -0.4 is 11.1 Å². The Morgan fingerprint density at radius 2 is 1.71 bits per heavy atom. The highest BCUT2D eigenvalue weighted by Gasteiger charge is 2.35. The predicted molar refractivity (Wildman–Crippen MR) is 111 cm³/mol. The van der Waals surface area contributed by atoms with Gasteiger partial charge in [0.1, 0.15) is 0 Å². The van der Waals surface area contributed by atoms with Crippen LogP contribution in [0.1, 0.15) is 43.2 Å². The Balaban J connectivity index is 0.00000280. The van der Waals surface area contributed by atoms with Gasteiger partial charge in [0.25, 0.3) is 0 Å². The van der Waals surface area contributed by atoms with E-state index in [1.165, 1.54) is 4.31 Å². The fourth-order valence-corrected chi connectivity index (χ4v) is 5.31. The zero-order chi connectivity index (χ0) is 19.3. The first-order valence-corrected chi connectivity index (χ1v) is 11.2. The molecule has 0 radical (unpaired) electrons. The number of benzene rings is 1. The number of amides is 1. The third kappa shape index (κ3) is 5.67. The van der Waals surface area contributed by atoms with E-state index in [-0.39, 0.29) is 30.6 Å². The number of nitrogens with one attached hydrogen (secondary N) is 1. The molecule has 1 aromatic rings. The van der Waals surface area contributed by atoms with E-state index in [0.29, 0.717) is 44.7 Å². The van der Waals surface area contributed by atoms with Gasteiger partial charge >= 0.3 is 0 Å². The monoisotopic (exact) mass is 431 g/mol. The second kappa shape index (κ2) is 10.0. The standard InChI is InChI=1S/C19H29N3O4S.ClH/c20-19(8-4-1-5-9-19)18(23)21-14-16-6-2-3-7-17(16)15-27(24,25)22-10-12-26-13-11-22;/h2-3,6-7H,1,4-5,8-15,20H2,(H,21,23);1H. The van der Waals surface area contributed by atoms with Crippen LogP contribution in [0.4, 0.5) is 0 Å².